The van der Waals surface area contributed by atoms with E-state index in [9.17, 15) is 20.0 Å². The minimum atomic E-state index is -0.803. The van der Waals surface area contributed by atoms with Gasteiger partial charge in [-0.25, -0.2) is 9.79 Å². The van der Waals surface area contributed by atoms with E-state index in [4.69, 9.17) is 32.7 Å². The molecule has 0 saturated heterocycles. The zero-order valence-electron chi connectivity index (χ0n) is 20.5. The second kappa shape index (κ2) is 12.7. The molecule has 7 nitrogen and oxygen atoms in total. The van der Waals surface area contributed by atoms with Gasteiger partial charge in [-0.1, -0.05) is 71.4 Å². The minimum absolute atomic E-state index is 0.0133. The van der Waals surface area contributed by atoms with Crippen LogP contribution in [0.25, 0.3) is 6.08 Å². The number of aliphatic imine (C=N–C) groups is 1. The van der Waals surface area contributed by atoms with Crippen LogP contribution in [0.2, 0.25) is 10.0 Å². The number of carbonyl (C=O) groups is 2. The minimum Gasteiger partial charge on any atom is -0.506 e. The lowest BCUT2D eigenvalue weighted by atomic mass is 10.1. The van der Waals surface area contributed by atoms with Crippen molar-refractivity contribution in [3.63, 3.8) is 0 Å². The summed E-state index contributed by atoms with van der Waals surface area (Å²) in [4.78, 5) is 29.6. The molecule has 0 unspecified atom stereocenters. The van der Waals surface area contributed by atoms with Crippen molar-refractivity contribution in [2.24, 2.45) is 4.99 Å². The number of aliphatic hydroxyl groups is 1. The molecule has 0 saturated carbocycles. The fourth-order valence-corrected chi connectivity index (χ4v) is 5.21. The molecule has 0 bridgehead atoms. The number of hydrogen-bond donors (Lipinski definition) is 1. The molecule has 1 aliphatic heterocycles. The van der Waals surface area contributed by atoms with Crippen LogP contribution in [0.3, 0.4) is 0 Å². The molecule has 1 amide bonds. The number of rotatable bonds is 7. The number of carbonyl (C=O) groups excluding carboxylic acids is 2. The Morgan fingerprint density at radius 3 is 2.41 bits per heavy atom. The van der Waals surface area contributed by atoms with Gasteiger partial charge in [0.05, 0.1) is 33.2 Å². The topological polar surface area (TPSA) is 109 Å². The Bertz CT molecular complexity index is 1550. The van der Waals surface area contributed by atoms with E-state index in [1.807, 2.05) is 0 Å². The second-order valence-electron chi connectivity index (χ2n) is 8.01. The zero-order valence-corrected chi connectivity index (χ0v) is 22.8. The second-order valence-corrected chi connectivity index (χ2v) is 9.86. The first kappa shape index (κ1) is 28.0. The van der Waals surface area contributed by atoms with E-state index in [0.29, 0.717) is 22.3 Å². The highest BCUT2D eigenvalue weighted by molar-refractivity contribution is 8.18. The first-order valence-electron chi connectivity index (χ1n) is 11.6. The van der Waals surface area contributed by atoms with Gasteiger partial charge in [-0.3, -0.25) is 4.79 Å². The lowest BCUT2D eigenvalue weighted by Gasteiger charge is -2.12. The van der Waals surface area contributed by atoms with Crippen LogP contribution in [0.4, 0.5) is 0 Å². The number of esters is 1. The Hall–Kier alpha value is -4.03. The average molecular weight is 579 g/mol. The number of benzene rings is 3. The fraction of sp³-hybridized carbons (Fsp3) is 0.103. The van der Waals surface area contributed by atoms with Gasteiger partial charge in [0.25, 0.3) is 5.91 Å². The number of halogens is 2. The van der Waals surface area contributed by atoms with Gasteiger partial charge in [0.1, 0.15) is 23.0 Å². The van der Waals surface area contributed by atoms with Crippen molar-refractivity contribution < 1.29 is 24.2 Å². The molecule has 0 aliphatic carbocycles. The van der Waals surface area contributed by atoms with Crippen LogP contribution in [0.1, 0.15) is 34.0 Å². The molecule has 39 heavy (non-hydrogen) atoms. The van der Waals surface area contributed by atoms with Gasteiger partial charge in [0.15, 0.2) is 5.75 Å². The first-order chi connectivity index (χ1) is 18.8. The Morgan fingerprint density at radius 2 is 1.74 bits per heavy atom. The molecule has 3 aromatic rings. The maximum absolute atomic E-state index is 12.7. The standard InChI is InChI=1S/C29H20Cl2N2O5S/c1-2-37-29(36)24-25(34)23(39-28(24)33-27(35)18-8-4-3-5-9-18)14-17-12-21(30)26(22(31)13-17)38-16-20-11-7-6-10-19(20)15-32/h3-14,34H,2,16H2,1H3/b23-14-,33-28?. The normalized spacial score (nSPS) is 14.9. The Kier molecular flexibility index (Phi) is 9.10. The Labute approximate surface area is 239 Å². The predicted molar refractivity (Wildman–Crippen MR) is 152 cm³/mol. The van der Waals surface area contributed by atoms with Gasteiger partial charge >= 0.3 is 5.97 Å². The van der Waals surface area contributed by atoms with Crippen molar-refractivity contribution in [1.82, 2.24) is 0 Å². The van der Waals surface area contributed by atoms with E-state index in [-0.39, 0.29) is 50.3 Å². The summed E-state index contributed by atoms with van der Waals surface area (Å²) in [6.45, 7) is 1.79. The van der Waals surface area contributed by atoms with Crippen molar-refractivity contribution in [3.05, 3.63) is 115 Å². The molecule has 1 heterocycles. The smallest absolute Gasteiger partial charge is 0.344 e. The molecule has 0 spiro atoms. The fourth-order valence-electron chi connectivity index (χ4n) is 3.59. The molecule has 0 fully saturated rings. The number of amides is 1. The van der Waals surface area contributed by atoms with E-state index >= 15 is 0 Å². The predicted octanol–water partition coefficient (Wildman–Crippen LogP) is 7.15. The van der Waals surface area contributed by atoms with Gasteiger partial charge in [-0.15, -0.1) is 0 Å². The van der Waals surface area contributed by atoms with E-state index in [0.717, 1.165) is 11.8 Å². The summed E-state index contributed by atoms with van der Waals surface area (Å²) in [5.74, 6) is -1.52. The molecule has 1 N–H and O–H groups in total. The van der Waals surface area contributed by atoms with Crippen molar-refractivity contribution in [2.45, 2.75) is 13.5 Å². The molecule has 196 valence electrons. The molecule has 3 aromatic carbocycles. The maximum Gasteiger partial charge on any atom is 0.344 e. The molecular weight excluding hydrogens is 559 g/mol. The van der Waals surface area contributed by atoms with E-state index in [1.54, 1.807) is 79.7 Å². The number of hydrogen-bond acceptors (Lipinski definition) is 7. The van der Waals surface area contributed by atoms with Crippen molar-refractivity contribution >= 4 is 58.0 Å². The highest BCUT2D eigenvalue weighted by Crippen LogP contribution is 2.41. The lowest BCUT2D eigenvalue weighted by Crippen LogP contribution is -2.14. The van der Waals surface area contributed by atoms with Crippen molar-refractivity contribution in [1.29, 1.82) is 5.26 Å². The molecule has 0 aromatic heterocycles. The highest BCUT2D eigenvalue weighted by atomic mass is 35.5. The quantitative estimate of drug-likeness (QED) is 0.296. The monoisotopic (exact) mass is 578 g/mol. The number of aliphatic hydroxyl groups excluding tert-OH is 1. The van der Waals surface area contributed by atoms with Crippen LogP contribution in [0, 0.1) is 11.3 Å². The Balaban J connectivity index is 1.63. The third kappa shape index (κ3) is 6.52. The highest BCUT2D eigenvalue weighted by Gasteiger charge is 2.34. The van der Waals surface area contributed by atoms with E-state index in [1.165, 1.54) is 0 Å². The van der Waals surface area contributed by atoms with Gasteiger partial charge in [-0.05, 0) is 48.9 Å². The van der Waals surface area contributed by atoms with Crippen LogP contribution in [0.5, 0.6) is 5.75 Å². The largest absolute Gasteiger partial charge is 0.506 e. The molecule has 0 radical (unpaired) electrons. The summed E-state index contributed by atoms with van der Waals surface area (Å²) < 4.78 is 10.9. The summed E-state index contributed by atoms with van der Waals surface area (Å²) in [5.41, 5.74) is 1.79. The van der Waals surface area contributed by atoms with E-state index < -0.39 is 11.9 Å². The van der Waals surface area contributed by atoms with Crippen LogP contribution >= 0.6 is 35.0 Å². The lowest BCUT2D eigenvalue weighted by molar-refractivity contribution is -0.138. The van der Waals surface area contributed by atoms with Gasteiger partial charge in [0.2, 0.25) is 0 Å². The SMILES string of the molecule is CCOC(=O)C1=C(O)/C(=C/c2cc(Cl)c(OCc3ccccc3C#N)c(Cl)c2)SC1=NC(=O)c1ccccc1. The number of thioether (sulfide) groups is 1. The van der Waals surface area contributed by atoms with Crippen LogP contribution < -0.4 is 4.74 Å². The van der Waals surface area contributed by atoms with Gasteiger partial charge < -0.3 is 14.6 Å². The molecule has 4 rings (SSSR count). The number of nitrogens with zero attached hydrogens (tertiary/aromatic N) is 2. The third-order valence-corrected chi connectivity index (χ3v) is 7.00. The number of nitriles is 1. The van der Waals surface area contributed by atoms with Crippen LogP contribution in [-0.2, 0) is 16.1 Å². The summed E-state index contributed by atoms with van der Waals surface area (Å²) in [5, 5.41) is 20.6. The summed E-state index contributed by atoms with van der Waals surface area (Å²) >= 11 is 13.9. The molecule has 10 heteroatoms. The van der Waals surface area contributed by atoms with E-state index in [2.05, 4.69) is 11.1 Å². The zero-order chi connectivity index (χ0) is 27.9. The maximum atomic E-state index is 12.7. The van der Waals surface area contributed by atoms with Crippen molar-refractivity contribution in [3.8, 4) is 11.8 Å². The summed E-state index contributed by atoms with van der Waals surface area (Å²) in [6.07, 6.45) is 1.56. The first-order valence-corrected chi connectivity index (χ1v) is 13.2. The van der Waals surface area contributed by atoms with Crippen LogP contribution in [-0.4, -0.2) is 28.6 Å². The third-order valence-electron chi connectivity index (χ3n) is 5.42. The summed E-state index contributed by atoms with van der Waals surface area (Å²) in [6, 6.07) is 20.6. The summed E-state index contributed by atoms with van der Waals surface area (Å²) in [7, 11) is 0. The van der Waals surface area contributed by atoms with Gasteiger partial charge in [0, 0.05) is 11.1 Å². The van der Waals surface area contributed by atoms with Crippen molar-refractivity contribution in [2.75, 3.05) is 6.61 Å². The number of ether oxygens (including phenoxy) is 2. The molecule has 1 aliphatic rings. The molecule has 0 atom stereocenters. The average Bonchev–Trinajstić information content (AvgIpc) is 3.22. The van der Waals surface area contributed by atoms with Gasteiger partial charge in [-0.2, -0.15) is 5.26 Å². The Morgan fingerprint density at radius 1 is 1.08 bits per heavy atom. The molecular formula is C29H20Cl2N2O5S. The van der Waals surface area contributed by atoms with Crippen LogP contribution in [0.15, 0.2) is 88.0 Å².